The molecule has 0 saturated heterocycles. The van der Waals surface area contributed by atoms with E-state index >= 15 is 0 Å². The number of rotatable bonds is 5. The summed E-state index contributed by atoms with van der Waals surface area (Å²) in [6.45, 7) is 4.31. The van der Waals surface area contributed by atoms with Crippen molar-refractivity contribution in [2.24, 2.45) is 0 Å². The molecule has 0 radical (unpaired) electrons. The average Bonchev–Trinajstić information content (AvgIpc) is 2.85. The van der Waals surface area contributed by atoms with E-state index in [-0.39, 0.29) is 11.7 Å². The zero-order valence-corrected chi connectivity index (χ0v) is 14.3. The second-order valence-corrected chi connectivity index (χ2v) is 6.04. The summed E-state index contributed by atoms with van der Waals surface area (Å²) in [6, 6.07) is 16.0. The molecule has 128 valence electrons. The average molecular weight is 337 g/mol. The number of aromatic nitrogens is 2. The van der Waals surface area contributed by atoms with E-state index in [2.05, 4.69) is 10.4 Å². The van der Waals surface area contributed by atoms with E-state index in [1.807, 2.05) is 48.9 Å². The fraction of sp³-hybridized carbons (Fsp3) is 0.200. The quantitative estimate of drug-likeness (QED) is 0.768. The summed E-state index contributed by atoms with van der Waals surface area (Å²) in [5.74, 6) is -0.329. The van der Waals surface area contributed by atoms with Gasteiger partial charge in [0.05, 0.1) is 30.0 Å². The molecule has 1 heterocycles. The molecule has 0 fully saturated rings. The Balaban J connectivity index is 1.73. The highest BCUT2D eigenvalue weighted by Crippen LogP contribution is 2.21. The van der Waals surface area contributed by atoms with Gasteiger partial charge < -0.3 is 5.32 Å². The minimum atomic E-state index is -0.258. The van der Waals surface area contributed by atoms with Gasteiger partial charge in [0.25, 0.3) is 0 Å². The van der Waals surface area contributed by atoms with Gasteiger partial charge in [-0.3, -0.25) is 9.48 Å². The topological polar surface area (TPSA) is 46.9 Å². The third kappa shape index (κ3) is 4.12. The number of carbonyl (C=O) groups is 1. The van der Waals surface area contributed by atoms with E-state index in [1.54, 1.807) is 12.1 Å². The van der Waals surface area contributed by atoms with E-state index < -0.39 is 0 Å². The molecule has 1 amide bonds. The van der Waals surface area contributed by atoms with Crippen molar-refractivity contribution in [1.29, 1.82) is 0 Å². The van der Waals surface area contributed by atoms with Gasteiger partial charge in [-0.05, 0) is 37.1 Å². The van der Waals surface area contributed by atoms with E-state index in [0.717, 1.165) is 28.2 Å². The van der Waals surface area contributed by atoms with Gasteiger partial charge in [-0.25, -0.2) is 4.39 Å². The van der Waals surface area contributed by atoms with Gasteiger partial charge in [-0.2, -0.15) is 5.10 Å². The number of amides is 1. The van der Waals surface area contributed by atoms with Crippen LogP contribution >= 0.6 is 0 Å². The predicted molar refractivity (Wildman–Crippen MR) is 96.0 cm³/mol. The van der Waals surface area contributed by atoms with Crippen molar-refractivity contribution in [3.05, 3.63) is 82.9 Å². The number of anilines is 1. The number of hydrogen-bond acceptors (Lipinski definition) is 2. The van der Waals surface area contributed by atoms with Crippen molar-refractivity contribution in [2.75, 3.05) is 5.32 Å². The lowest BCUT2D eigenvalue weighted by molar-refractivity contribution is -0.115. The highest BCUT2D eigenvalue weighted by Gasteiger charge is 2.14. The molecule has 0 aliphatic carbocycles. The Bertz CT molecular complexity index is 870. The number of benzene rings is 2. The molecule has 3 rings (SSSR count). The Kier molecular flexibility index (Phi) is 4.93. The summed E-state index contributed by atoms with van der Waals surface area (Å²) in [5.41, 5.74) is 4.30. The van der Waals surface area contributed by atoms with Gasteiger partial charge in [-0.1, -0.05) is 42.5 Å². The predicted octanol–water partition coefficient (Wildman–Crippen LogP) is 3.87. The second kappa shape index (κ2) is 7.30. The Morgan fingerprint density at radius 2 is 1.72 bits per heavy atom. The van der Waals surface area contributed by atoms with Gasteiger partial charge in [0.15, 0.2) is 0 Å². The molecule has 0 unspecified atom stereocenters. The molecular weight excluding hydrogens is 317 g/mol. The van der Waals surface area contributed by atoms with Gasteiger partial charge in [0.2, 0.25) is 5.91 Å². The fourth-order valence-corrected chi connectivity index (χ4v) is 2.76. The molecule has 0 saturated carbocycles. The van der Waals surface area contributed by atoms with E-state index in [9.17, 15) is 9.18 Å². The Labute approximate surface area is 146 Å². The van der Waals surface area contributed by atoms with Crippen LogP contribution in [0.5, 0.6) is 0 Å². The van der Waals surface area contributed by atoms with Gasteiger partial charge in [-0.15, -0.1) is 0 Å². The lowest BCUT2D eigenvalue weighted by Gasteiger charge is -2.07. The molecule has 1 N–H and O–H groups in total. The summed E-state index contributed by atoms with van der Waals surface area (Å²) in [5, 5.41) is 7.46. The highest BCUT2D eigenvalue weighted by molar-refractivity contribution is 5.93. The zero-order valence-electron chi connectivity index (χ0n) is 14.3. The molecule has 0 spiro atoms. The molecule has 5 heteroatoms. The standard InChI is InChI=1S/C20H20FN3O/c1-14-20(22-19(25)12-16-6-4-3-5-7-16)15(2)24(23-14)13-17-8-10-18(21)11-9-17/h3-11H,12-13H2,1-2H3,(H,22,25). The number of halogens is 1. The summed E-state index contributed by atoms with van der Waals surface area (Å²) in [4.78, 5) is 12.3. The van der Waals surface area contributed by atoms with E-state index in [1.165, 1.54) is 12.1 Å². The SMILES string of the molecule is Cc1nn(Cc2ccc(F)cc2)c(C)c1NC(=O)Cc1ccccc1. The lowest BCUT2D eigenvalue weighted by atomic mass is 10.1. The van der Waals surface area contributed by atoms with Crippen LogP contribution < -0.4 is 5.32 Å². The van der Waals surface area contributed by atoms with Gasteiger partial charge in [0.1, 0.15) is 5.82 Å². The van der Waals surface area contributed by atoms with Crippen LogP contribution in [0.25, 0.3) is 0 Å². The third-order valence-corrected chi connectivity index (χ3v) is 4.10. The molecule has 0 aliphatic rings. The highest BCUT2D eigenvalue weighted by atomic mass is 19.1. The van der Waals surface area contributed by atoms with Crippen molar-refractivity contribution >= 4 is 11.6 Å². The van der Waals surface area contributed by atoms with Crippen molar-refractivity contribution in [2.45, 2.75) is 26.8 Å². The van der Waals surface area contributed by atoms with Crippen LogP contribution in [-0.2, 0) is 17.8 Å². The molecule has 1 aromatic heterocycles. The second-order valence-electron chi connectivity index (χ2n) is 6.04. The molecule has 2 aromatic carbocycles. The zero-order chi connectivity index (χ0) is 17.8. The summed E-state index contributed by atoms with van der Waals surface area (Å²) in [6.07, 6.45) is 0.322. The lowest BCUT2D eigenvalue weighted by Crippen LogP contribution is -2.15. The van der Waals surface area contributed by atoms with E-state index in [4.69, 9.17) is 0 Å². The van der Waals surface area contributed by atoms with Crippen LogP contribution in [0.2, 0.25) is 0 Å². The number of aryl methyl sites for hydroxylation is 1. The first-order chi connectivity index (χ1) is 12.0. The maximum absolute atomic E-state index is 13.0. The maximum Gasteiger partial charge on any atom is 0.228 e. The summed E-state index contributed by atoms with van der Waals surface area (Å²) >= 11 is 0. The molecule has 4 nitrogen and oxygen atoms in total. The number of carbonyl (C=O) groups excluding carboxylic acids is 1. The van der Waals surface area contributed by atoms with Gasteiger partial charge in [0, 0.05) is 0 Å². The van der Waals surface area contributed by atoms with Crippen LogP contribution in [0.4, 0.5) is 10.1 Å². The van der Waals surface area contributed by atoms with Crippen LogP contribution in [0.15, 0.2) is 54.6 Å². The van der Waals surface area contributed by atoms with E-state index in [0.29, 0.717) is 13.0 Å². The molecule has 0 aliphatic heterocycles. The Morgan fingerprint density at radius 3 is 2.40 bits per heavy atom. The van der Waals surface area contributed by atoms with Gasteiger partial charge >= 0.3 is 0 Å². The monoisotopic (exact) mass is 337 g/mol. The van der Waals surface area contributed by atoms with Crippen LogP contribution in [0, 0.1) is 19.7 Å². The number of nitrogens with one attached hydrogen (secondary N) is 1. The largest absolute Gasteiger partial charge is 0.323 e. The third-order valence-electron chi connectivity index (χ3n) is 4.10. The van der Waals surface area contributed by atoms with Crippen LogP contribution in [0.3, 0.4) is 0 Å². The normalized spacial score (nSPS) is 10.7. The molecule has 25 heavy (non-hydrogen) atoms. The first-order valence-electron chi connectivity index (χ1n) is 8.15. The van der Waals surface area contributed by atoms with Crippen molar-refractivity contribution < 1.29 is 9.18 Å². The number of hydrogen-bond donors (Lipinski definition) is 1. The van der Waals surface area contributed by atoms with Crippen molar-refractivity contribution in [3.63, 3.8) is 0 Å². The summed E-state index contributed by atoms with van der Waals surface area (Å²) in [7, 11) is 0. The van der Waals surface area contributed by atoms with Crippen LogP contribution in [-0.4, -0.2) is 15.7 Å². The smallest absolute Gasteiger partial charge is 0.228 e. The first-order valence-corrected chi connectivity index (χ1v) is 8.15. The molecule has 3 aromatic rings. The molecular formula is C20H20FN3O. The fourth-order valence-electron chi connectivity index (χ4n) is 2.76. The summed E-state index contributed by atoms with van der Waals surface area (Å²) < 4.78 is 14.8. The molecule has 0 bridgehead atoms. The molecule has 0 atom stereocenters. The Hall–Kier alpha value is -2.95. The van der Waals surface area contributed by atoms with Crippen molar-refractivity contribution in [1.82, 2.24) is 9.78 Å². The minimum Gasteiger partial charge on any atom is -0.323 e. The first kappa shape index (κ1) is 16.9. The Morgan fingerprint density at radius 1 is 1.04 bits per heavy atom. The van der Waals surface area contributed by atoms with Crippen LogP contribution in [0.1, 0.15) is 22.5 Å². The number of nitrogens with zero attached hydrogens (tertiary/aromatic N) is 2. The maximum atomic E-state index is 13.0. The minimum absolute atomic E-state index is 0.0706. The van der Waals surface area contributed by atoms with Crippen molar-refractivity contribution in [3.8, 4) is 0 Å².